The van der Waals surface area contributed by atoms with Crippen LogP contribution in [0.3, 0.4) is 0 Å². The van der Waals surface area contributed by atoms with Gasteiger partial charge in [0.2, 0.25) is 5.91 Å². The molecule has 3 atom stereocenters. The van der Waals surface area contributed by atoms with Gasteiger partial charge in [0.15, 0.2) is 5.03 Å². The Bertz CT molecular complexity index is 1580. The first-order chi connectivity index (χ1) is 20.4. The number of hydrogen-bond acceptors (Lipinski definition) is 8. The molecule has 2 aliphatic heterocycles. The molecule has 1 unspecified atom stereocenters. The number of benzene rings is 2. The van der Waals surface area contributed by atoms with Crippen molar-refractivity contribution in [2.45, 2.75) is 58.8 Å². The van der Waals surface area contributed by atoms with Crippen LogP contribution in [0.2, 0.25) is 5.02 Å². The molecule has 0 bridgehead atoms. The molecule has 238 valence electrons. The monoisotopic (exact) mass is 645 g/mol. The maximum atomic E-state index is 13.8. The predicted molar refractivity (Wildman–Crippen MR) is 168 cm³/mol. The van der Waals surface area contributed by atoms with Crippen LogP contribution >= 0.6 is 11.6 Å². The van der Waals surface area contributed by atoms with Crippen molar-refractivity contribution < 1.29 is 27.9 Å². The van der Waals surface area contributed by atoms with Gasteiger partial charge in [0.25, 0.3) is 21.8 Å². The Kier molecular flexibility index (Phi) is 9.39. The third-order valence-corrected chi connectivity index (χ3v) is 10.00. The summed E-state index contributed by atoms with van der Waals surface area (Å²) >= 11 is 6.05. The van der Waals surface area contributed by atoms with Gasteiger partial charge in [-0.05, 0) is 55.2 Å². The first-order valence-electron chi connectivity index (χ1n) is 14.4. The number of nitrogens with one attached hydrogen (secondary N) is 3. The fourth-order valence-corrected chi connectivity index (χ4v) is 6.76. The average Bonchev–Trinajstić information content (AvgIpc) is 3.31. The minimum atomic E-state index is -4.16. The van der Waals surface area contributed by atoms with E-state index in [4.69, 9.17) is 11.6 Å². The average molecular weight is 646 g/mol. The van der Waals surface area contributed by atoms with Gasteiger partial charge in [-0.3, -0.25) is 14.4 Å². The van der Waals surface area contributed by atoms with Crippen molar-refractivity contribution in [2.24, 2.45) is 11.3 Å². The zero-order valence-electron chi connectivity index (χ0n) is 25.7. The topological polar surface area (TPSA) is 148 Å². The number of aliphatic hydroxyl groups is 1. The van der Waals surface area contributed by atoms with Crippen molar-refractivity contribution >= 4 is 39.3 Å². The zero-order chi connectivity index (χ0) is 32.6. The largest absolute Gasteiger partial charge is 0.384 e. The maximum Gasteiger partial charge on any atom is 0.280 e. The van der Waals surface area contributed by atoms with Gasteiger partial charge in [0.1, 0.15) is 6.04 Å². The van der Waals surface area contributed by atoms with E-state index in [1.807, 2.05) is 32.4 Å². The molecule has 4 N–H and O–H groups in total. The summed E-state index contributed by atoms with van der Waals surface area (Å²) in [5.41, 5.74) is -1.11. The predicted octanol–water partition coefficient (Wildman–Crippen LogP) is 2.98. The summed E-state index contributed by atoms with van der Waals surface area (Å²) in [6, 6.07) is 11.8. The van der Waals surface area contributed by atoms with Gasteiger partial charge in [0.05, 0.1) is 11.8 Å². The number of sulfonamides is 1. The summed E-state index contributed by atoms with van der Waals surface area (Å²) < 4.78 is 27.5. The third kappa shape index (κ3) is 6.72. The van der Waals surface area contributed by atoms with Gasteiger partial charge in [-0.15, -0.1) is 0 Å². The van der Waals surface area contributed by atoms with Crippen LogP contribution < -0.4 is 15.4 Å². The number of hydrogen-bond donors (Lipinski definition) is 4. The van der Waals surface area contributed by atoms with Crippen molar-refractivity contribution in [1.82, 2.24) is 25.2 Å². The van der Waals surface area contributed by atoms with Crippen LogP contribution in [0.15, 0.2) is 59.8 Å². The lowest BCUT2D eigenvalue weighted by Gasteiger charge is -2.51. The van der Waals surface area contributed by atoms with E-state index in [1.54, 1.807) is 48.0 Å². The Morgan fingerprint density at radius 2 is 1.68 bits per heavy atom. The molecule has 1 saturated heterocycles. The van der Waals surface area contributed by atoms with Gasteiger partial charge in [-0.25, -0.2) is 4.72 Å². The van der Waals surface area contributed by atoms with E-state index in [-0.39, 0.29) is 47.2 Å². The lowest BCUT2D eigenvalue weighted by molar-refractivity contribution is -0.155. The SMILES string of the molecule is CC(C)[C@@H](NC(=O)c1cccc(C(=O)NS(=O)(=O)C2=CN(C)C(C)N2)c1)C(=O)N1CC[C@](O)(c2ccc(Cl)cc2)C(C)(C)C1. The van der Waals surface area contributed by atoms with E-state index in [2.05, 4.69) is 10.6 Å². The van der Waals surface area contributed by atoms with E-state index < -0.39 is 38.9 Å². The fraction of sp³-hybridized carbons (Fsp3) is 0.452. The lowest BCUT2D eigenvalue weighted by Crippen LogP contribution is -2.60. The minimum Gasteiger partial charge on any atom is -0.384 e. The van der Waals surface area contributed by atoms with Gasteiger partial charge in [0, 0.05) is 47.9 Å². The Balaban J connectivity index is 1.46. The van der Waals surface area contributed by atoms with Crippen LogP contribution in [-0.4, -0.2) is 73.4 Å². The fourth-order valence-electron chi connectivity index (χ4n) is 5.53. The molecule has 2 aromatic rings. The quantitative estimate of drug-likeness (QED) is 0.343. The molecule has 2 heterocycles. The van der Waals surface area contributed by atoms with Crippen LogP contribution in [0.25, 0.3) is 0 Å². The molecule has 0 spiro atoms. The Hall–Kier alpha value is -3.61. The highest BCUT2D eigenvalue weighted by Gasteiger charge is 2.50. The highest BCUT2D eigenvalue weighted by molar-refractivity contribution is 7.93. The van der Waals surface area contributed by atoms with E-state index >= 15 is 0 Å². The molecule has 0 aliphatic carbocycles. The molecular weight excluding hydrogens is 606 g/mol. The summed E-state index contributed by atoms with van der Waals surface area (Å²) in [5.74, 6) is -2.03. The highest BCUT2D eigenvalue weighted by atomic mass is 35.5. The number of likely N-dealkylation sites (tertiary alicyclic amines) is 1. The van der Waals surface area contributed by atoms with Crippen molar-refractivity contribution in [3.63, 3.8) is 0 Å². The number of carbonyl (C=O) groups is 3. The molecule has 4 rings (SSSR count). The van der Waals surface area contributed by atoms with Crippen molar-refractivity contribution in [1.29, 1.82) is 0 Å². The van der Waals surface area contributed by atoms with Gasteiger partial charge >= 0.3 is 0 Å². The van der Waals surface area contributed by atoms with Crippen LogP contribution in [0.5, 0.6) is 0 Å². The second-order valence-corrected chi connectivity index (χ2v) is 14.5. The molecule has 11 nitrogen and oxygen atoms in total. The number of nitrogens with zero attached hydrogens (tertiary/aromatic N) is 2. The molecule has 44 heavy (non-hydrogen) atoms. The Labute approximate surface area is 263 Å². The van der Waals surface area contributed by atoms with E-state index in [1.165, 1.54) is 30.5 Å². The van der Waals surface area contributed by atoms with E-state index in [0.717, 1.165) is 5.56 Å². The molecule has 3 amide bonds. The zero-order valence-corrected chi connectivity index (χ0v) is 27.3. The van der Waals surface area contributed by atoms with E-state index in [9.17, 15) is 27.9 Å². The first kappa shape index (κ1) is 33.3. The van der Waals surface area contributed by atoms with Crippen LogP contribution in [0, 0.1) is 11.3 Å². The minimum absolute atomic E-state index is 0.0343. The molecule has 13 heteroatoms. The second kappa shape index (κ2) is 12.4. The van der Waals surface area contributed by atoms with E-state index in [0.29, 0.717) is 11.4 Å². The summed E-state index contributed by atoms with van der Waals surface area (Å²) in [6.45, 7) is 9.75. The Morgan fingerprint density at radius 1 is 1.07 bits per heavy atom. The number of piperidine rings is 1. The lowest BCUT2D eigenvalue weighted by atomic mass is 9.66. The van der Waals surface area contributed by atoms with Gasteiger partial charge in [-0.2, -0.15) is 8.42 Å². The molecule has 0 radical (unpaired) electrons. The molecular formula is C31H40ClN5O6S. The Morgan fingerprint density at radius 3 is 2.23 bits per heavy atom. The van der Waals surface area contributed by atoms with Crippen molar-refractivity contribution in [2.75, 3.05) is 20.1 Å². The first-order valence-corrected chi connectivity index (χ1v) is 16.3. The molecule has 0 saturated carbocycles. The summed E-state index contributed by atoms with van der Waals surface area (Å²) in [7, 11) is -2.46. The van der Waals surface area contributed by atoms with Gasteiger partial charge < -0.3 is 25.5 Å². The number of amides is 3. The molecule has 2 aromatic carbocycles. The maximum absolute atomic E-state index is 13.8. The standard InChI is InChI=1S/C31H40ClN5O6S/c1-19(2)26(29(40)37-15-14-31(41,30(4,5)18-37)23-10-12-24(32)13-11-23)34-27(38)21-8-7-9-22(16-21)28(39)35-44(42,43)25-17-36(6)20(3)33-25/h7-13,16-17,19-20,26,33,41H,14-15,18H2,1-6H3,(H,34,38)(H,35,39)/t20?,26-,31+/m1/s1. The molecule has 0 aromatic heterocycles. The van der Waals surface area contributed by atoms with Crippen molar-refractivity contribution in [3.8, 4) is 0 Å². The number of halogens is 1. The summed E-state index contributed by atoms with van der Waals surface area (Å²) in [4.78, 5) is 43.2. The smallest absolute Gasteiger partial charge is 0.280 e. The molecule has 1 fully saturated rings. The summed E-state index contributed by atoms with van der Waals surface area (Å²) in [6.07, 6.45) is 1.42. The number of carbonyl (C=O) groups excluding carboxylic acids is 3. The molecule has 2 aliphatic rings. The number of rotatable bonds is 8. The van der Waals surface area contributed by atoms with Gasteiger partial charge in [-0.1, -0.05) is 57.5 Å². The highest BCUT2D eigenvalue weighted by Crippen LogP contribution is 2.46. The van der Waals surface area contributed by atoms with Crippen LogP contribution in [0.1, 0.15) is 67.3 Å². The second-order valence-electron chi connectivity index (χ2n) is 12.5. The van der Waals surface area contributed by atoms with Crippen molar-refractivity contribution in [3.05, 3.63) is 81.5 Å². The summed E-state index contributed by atoms with van der Waals surface area (Å²) in [5, 5.41) is 17.7. The van der Waals surface area contributed by atoms with Crippen LogP contribution in [0.4, 0.5) is 0 Å². The normalized spacial score (nSPS) is 22.2. The van der Waals surface area contributed by atoms with Crippen LogP contribution in [-0.2, 0) is 20.4 Å². The third-order valence-electron chi connectivity index (χ3n) is 8.49.